The van der Waals surface area contributed by atoms with Crippen molar-refractivity contribution in [2.45, 2.75) is 38.6 Å². The second-order valence-electron chi connectivity index (χ2n) is 4.22. The molecule has 1 aromatic rings. The SMILES string of the molecule is Cc1nccc(C(NN)C2CCCC2)n1. The Bertz CT molecular complexity index is 320. The third kappa shape index (κ3) is 2.33. The molecule has 0 amide bonds. The van der Waals surface area contributed by atoms with Gasteiger partial charge in [-0.15, -0.1) is 0 Å². The van der Waals surface area contributed by atoms with E-state index in [1.165, 1.54) is 25.7 Å². The minimum absolute atomic E-state index is 0.189. The highest BCUT2D eigenvalue weighted by atomic mass is 15.2. The number of hydrogen-bond acceptors (Lipinski definition) is 4. The zero-order chi connectivity index (χ0) is 10.7. The predicted molar refractivity (Wildman–Crippen MR) is 58.8 cm³/mol. The van der Waals surface area contributed by atoms with Crippen LogP contribution in [0.2, 0.25) is 0 Å². The Labute approximate surface area is 90.3 Å². The molecule has 1 atom stereocenters. The summed E-state index contributed by atoms with van der Waals surface area (Å²) in [4.78, 5) is 8.54. The van der Waals surface area contributed by atoms with Crippen LogP contribution in [0.25, 0.3) is 0 Å². The van der Waals surface area contributed by atoms with Crippen molar-refractivity contribution in [1.29, 1.82) is 0 Å². The number of nitrogens with two attached hydrogens (primary N) is 1. The molecule has 82 valence electrons. The first-order chi connectivity index (χ1) is 7.31. The Balaban J connectivity index is 2.18. The number of aromatic nitrogens is 2. The molecule has 15 heavy (non-hydrogen) atoms. The van der Waals surface area contributed by atoms with Gasteiger partial charge in [0.05, 0.1) is 11.7 Å². The molecule has 3 N–H and O–H groups in total. The third-order valence-electron chi connectivity index (χ3n) is 3.17. The molecule has 1 heterocycles. The van der Waals surface area contributed by atoms with Crippen molar-refractivity contribution in [2.24, 2.45) is 11.8 Å². The van der Waals surface area contributed by atoms with Crippen LogP contribution in [0, 0.1) is 12.8 Å². The number of hydrogen-bond donors (Lipinski definition) is 2. The number of nitrogens with one attached hydrogen (secondary N) is 1. The van der Waals surface area contributed by atoms with E-state index in [1.807, 2.05) is 13.0 Å². The smallest absolute Gasteiger partial charge is 0.125 e. The lowest BCUT2D eigenvalue weighted by molar-refractivity contribution is 0.365. The van der Waals surface area contributed by atoms with Crippen molar-refractivity contribution in [1.82, 2.24) is 15.4 Å². The maximum atomic E-state index is 5.62. The quantitative estimate of drug-likeness (QED) is 0.581. The van der Waals surface area contributed by atoms with Crippen LogP contribution in [-0.2, 0) is 0 Å². The molecular formula is C11H18N4. The van der Waals surface area contributed by atoms with Crippen LogP contribution in [0.4, 0.5) is 0 Å². The van der Waals surface area contributed by atoms with Gasteiger partial charge in [-0.25, -0.2) is 9.97 Å². The van der Waals surface area contributed by atoms with Gasteiger partial charge in [-0.3, -0.25) is 11.3 Å². The van der Waals surface area contributed by atoms with Gasteiger partial charge in [0.1, 0.15) is 5.82 Å². The van der Waals surface area contributed by atoms with E-state index in [2.05, 4.69) is 15.4 Å². The van der Waals surface area contributed by atoms with Crippen LogP contribution in [0.5, 0.6) is 0 Å². The van der Waals surface area contributed by atoms with E-state index in [0.717, 1.165) is 11.5 Å². The van der Waals surface area contributed by atoms with E-state index >= 15 is 0 Å². The van der Waals surface area contributed by atoms with Crippen LogP contribution in [0.3, 0.4) is 0 Å². The van der Waals surface area contributed by atoms with Gasteiger partial charge < -0.3 is 0 Å². The maximum absolute atomic E-state index is 5.62. The fourth-order valence-electron chi connectivity index (χ4n) is 2.40. The summed E-state index contributed by atoms with van der Waals surface area (Å²) in [6, 6.07) is 2.14. The monoisotopic (exact) mass is 206 g/mol. The molecule has 2 rings (SSSR count). The van der Waals surface area contributed by atoms with Crippen molar-refractivity contribution in [3.05, 3.63) is 23.8 Å². The highest BCUT2D eigenvalue weighted by molar-refractivity contribution is 5.09. The molecule has 1 saturated carbocycles. The topological polar surface area (TPSA) is 63.8 Å². The van der Waals surface area contributed by atoms with Crippen LogP contribution in [0.15, 0.2) is 12.3 Å². The zero-order valence-corrected chi connectivity index (χ0v) is 9.11. The Morgan fingerprint density at radius 2 is 2.20 bits per heavy atom. The molecule has 1 fully saturated rings. The second kappa shape index (κ2) is 4.68. The number of nitrogens with zero attached hydrogens (tertiary/aromatic N) is 2. The minimum atomic E-state index is 0.189. The van der Waals surface area contributed by atoms with Gasteiger partial charge in [-0.2, -0.15) is 0 Å². The van der Waals surface area contributed by atoms with E-state index < -0.39 is 0 Å². The third-order valence-corrected chi connectivity index (χ3v) is 3.17. The van der Waals surface area contributed by atoms with Gasteiger partial charge in [0, 0.05) is 6.20 Å². The molecule has 4 heteroatoms. The standard InChI is InChI=1S/C11H18N4/c1-8-13-7-6-10(14-8)11(15-12)9-4-2-3-5-9/h6-7,9,11,15H,2-5,12H2,1H3. The summed E-state index contributed by atoms with van der Waals surface area (Å²) >= 11 is 0. The van der Waals surface area contributed by atoms with E-state index in [4.69, 9.17) is 5.84 Å². The van der Waals surface area contributed by atoms with E-state index in [0.29, 0.717) is 5.92 Å². The molecule has 1 unspecified atom stereocenters. The Kier molecular flexibility index (Phi) is 3.28. The summed E-state index contributed by atoms with van der Waals surface area (Å²) in [5.41, 5.74) is 3.92. The van der Waals surface area contributed by atoms with E-state index in [1.54, 1.807) is 6.20 Å². The molecule has 1 aliphatic carbocycles. The normalized spacial score (nSPS) is 19.3. The van der Waals surface area contributed by atoms with Gasteiger partial charge in [-0.1, -0.05) is 12.8 Å². The molecular weight excluding hydrogens is 188 g/mol. The van der Waals surface area contributed by atoms with Crippen LogP contribution in [0.1, 0.15) is 43.2 Å². The number of rotatable bonds is 3. The lowest BCUT2D eigenvalue weighted by Crippen LogP contribution is -2.33. The van der Waals surface area contributed by atoms with Crippen molar-refractivity contribution in [3.8, 4) is 0 Å². The lowest BCUT2D eigenvalue weighted by atomic mass is 9.96. The van der Waals surface area contributed by atoms with Crippen LogP contribution < -0.4 is 11.3 Å². The van der Waals surface area contributed by atoms with Gasteiger partial charge in [0.2, 0.25) is 0 Å². The van der Waals surface area contributed by atoms with Crippen molar-refractivity contribution in [2.75, 3.05) is 0 Å². The summed E-state index contributed by atoms with van der Waals surface area (Å²) in [5.74, 6) is 7.06. The molecule has 0 saturated heterocycles. The summed E-state index contributed by atoms with van der Waals surface area (Å²) in [6.07, 6.45) is 6.92. The first-order valence-electron chi connectivity index (χ1n) is 5.57. The fourth-order valence-corrected chi connectivity index (χ4v) is 2.40. The first-order valence-corrected chi connectivity index (χ1v) is 5.57. The van der Waals surface area contributed by atoms with Crippen LogP contribution >= 0.6 is 0 Å². The van der Waals surface area contributed by atoms with Gasteiger partial charge in [-0.05, 0) is 31.7 Å². The van der Waals surface area contributed by atoms with Crippen molar-refractivity contribution in [3.63, 3.8) is 0 Å². The van der Waals surface area contributed by atoms with E-state index in [9.17, 15) is 0 Å². The van der Waals surface area contributed by atoms with Crippen molar-refractivity contribution >= 4 is 0 Å². The number of hydrazine groups is 1. The summed E-state index contributed by atoms with van der Waals surface area (Å²) in [6.45, 7) is 1.91. The molecule has 1 aromatic heterocycles. The molecule has 0 spiro atoms. The Morgan fingerprint density at radius 3 is 2.80 bits per heavy atom. The molecule has 0 aliphatic heterocycles. The average Bonchev–Trinajstić information content (AvgIpc) is 2.72. The molecule has 0 radical (unpaired) electrons. The molecule has 4 nitrogen and oxygen atoms in total. The Hall–Kier alpha value is -1.00. The average molecular weight is 206 g/mol. The fraction of sp³-hybridized carbons (Fsp3) is 0.636. The molecule has 1 aliphatic rings. The summed E-state index contributed by atoms with van der Waals surface area (Å²) < 4.78 is 0. The predicted octanol–water partition coefficient (Wildman–Crippen LogP) is 1.48. The highest BCUT2D eigenvalue weighted by Crippen LogP contribution is 2.34. The highest BCUT2D eigenvalue weighted by Gasteiger charge is 2.26. The minimum Gasteiger partial charge on any atom is -0.271 e. The van der Waals surface area contributed by atoms with Crippen LogP contribution in [-0.4, -0.2) is 9.97 Å². The largest absolute Gasteiger partial charge is 0.271 e. The summed E-state index contributed by atoms with van der Waals surface area (Å²) in [5, 5.41) is 0. The zero-order valence-electron chi connectivity index (χ0n) is 9.11. The van der Waals surface area contributed by atoms with Gasteiger partial charge in [0.15, 0.2) is 0 Å². The molecule has 0 aromatic carbocycles. The van der Waals surface area contributed by atoms with Gasteiger partial charge in [0.25, 0.3) is 0 Å². The molecule has 0 bridgehead atoms. The maximum Gasteiger partial charge on any atom is 0.125 e. The number of aryl methyl sites for hydroxylation is 1. The van der Waals surface area contributed by atoms with Gasteiger partial charge >= 0.3 is 0 Å². The van der Waals surface area contributed by atoms with E-state index in [-0.39, 0.29) is 6.04 Å². The summed E-state index contributed by atoms with van der Waals surface area (Å²) in [7, 11) is 0. The lowest BCUT2D eigenvalue weighted by Gasteiger charge is -2.21. The van der Waals surface area contributed by atoms with Crippen molar-refractivity contribution < 1.29 is 0 Å². The Morgan fingerprint density at radius 1 is 1.47 bits per heavy atom. The first kappa shape index (κ1) is 10.5. The second-order valence-corrected chi connectivity index (χ2v) is 4.22.